The topological polar surface area (TPSA) is 76.0 Å². The van der Waals surface area contributed by atoms with Gasteiger partial charge in [0.25, 0.3) is 0 Å². The van der Waals surface area contributed by atoms with Crippen molar-refractivity contribution in [2.75, 3.05) is 13.2 Å². The molecule has 1 aromatic carbocycles. The highest BCUT2D eigenvalue weighted by atomic mass is 19.1. The fourth-order valence-electron chi connectivity index (χ4n) is 1.90. The average Bonchev–Trinajstić information content (AvgIpc) is 3.28. The Morgan fingerprint density at radius 2 is 2.14 bits per heavy atom. The van der Waals surface area contributed by atoms with Crippen molar-refractivity contribution in [2.45, 2.75) is 32.0 Å². The number of esters is 1. The van der Waals surface area contributed by atoms with Crippen molar-refractivity contribution in [2.24, 2.45) is 5.92 Å². The molecule has 1 saturated carbocycles. The molecule has 0 aromatic heterocycles. The van der Waals surface area contributed by atoms with Crippen LogP contribution in [-0.2, 0) is 9.53 Å². The first kappa shape index (κ1) is 15.7. The van der Waals surface area contributed by atoms with E-state index in [-0.39, 0.29) is 17.9 Å². The third-order valence-corrected chi connectivity index (χ3v) is 3.29. The molecule has 0 aliphatic heterocycles. The Hall–Kier alpha value is -1.66. The van der Waals surface area contributed by atoms with Gasteiger partial charge >= 0.3 is 5.97 Å². The normalized spacial score (nSPS) is 17.1. The first-order valence-corrected chi connectivity index (χ1v) is 6.98. The summed E-state index contributed by atoms with van der Waals surface area (Å²) in [6.45, 7) is 2.14. The Balaban J connectivity index is 2.14. The molecule has 2 N–H and O–H groups in total. The van der Waals surface area contributed by atoms with Gasteiger partial charge < -0.3 is 19.7 Å². The van der Waals surface area contributed by atoms with Gasteiger partial charge in [-0.25, -0.2) is 9.18 Å². The Morgan fingerprint density at radius 3 is 2.76 bits per heavy atom. The van der Waals surface area contributed by atoms with E-state index >= 15 is 0 Å². The number of carbonyl (C=O) groups is 1. The number of aliphatic hydroxyl groups is 2. The van der Waals surface area contributed by atoms with Gasteiger partial charge in [0.15, 0.2) is 6.10 Å². The third kappa shape index (κ3) is 4.15. The first-order valence-electron chi connectivity index (χ1n) is 6.98. The molecule has 0 bridgehead atoms. The van der Waals surface area contributed by atoms with E-state index in [0.717, 1.165) is 18.9 Å². The van der Waals surface area contributed by atoms with Gasteiger partial charge in [0, 0.05) is 5.56 Å². The van der Waals surface area contributed by atoms with Crippen LogP contribution >= 0.6 is 0 Å². The van der Waals surface area contributed by atoms with E-state index < -0.39 is 24.0 Å². The molecule has 2 rings (SSSR count). The predicted octanol–water partition coefficient (Wildman–Crippen LogP) is 1.57. The Morgan fingerprint density at radius 1 is 1.43 bits per heavy atom. The predicted molar refractivity (Wildman–Crippen MR) is 72.2 cm³/mol. The van der Waals surface area contributed by atoms with Crippen LogP contribution in [-0.4, -0.2) is 35.5 Å². The molecular weight excluding hydrogens is 279 g/mol. The van der Waals surface area contributed by atoms with Crippen molar-refractivity contribution in [3.8, 4) is 5.75 Å². The number of hydrogen-bond acceptors (Lipinski definition) is 5. The second kappa shape index (κ2) is 6.87. The van der Waals surface area contributed by atoms with E-state index in [0.29, 0.717) is 12.5 Å². The van der Waals surface area contributed by atoms with Crippen molar-refractivity contribution < 1.29 is 28.9 Å². The molecule has 21 heavy (non-hydrogen) atoms. The molecule has 6 heteroatoms. The second-order valence-corrected chi connectivity index (χ2v) is 5.08. The van der Waals surface area contributed by atoms with Crippen molar-refractivity contribution in [3.63, 3.8) is 0 Å². The highest BCUT2D eigenvalue weighted by Crippen LogP contribution is 2.33. The first-order chi connectivity index (χ1) is 10.0. The van der Waals surface area contributed by atoms with Gasteiger partial charge in [0.2, 0.25) is 0 Å². The Kier molecular flexibility index (Phi) is 5.14. The van der Waals surface area contributed by atoms with Gasteiger partial charge in [0.1, 0.15) is 17.7 Å². The van der Waals surface area contributed by atoms with Crippen LogP contribution in [0.4, 0.5) is 4.39 Å². The molecule has 0 amide bonds. The van der Waals surface area contributed by atoms with Crippen molar-refractivity contribution in [1.29, 1.82) is 0 Å². The standard InChI is InChI=1S/C15H19FO5/c1-2-20-15(19)14(18)13(17)11-7-10(16)5-6-12(11)21-8-9-3-4-9/h5-7,9,13-14,17-18H,2-4,8H2,1H3. The van der Waals surface area contributed by atoms with Gasteiger partial charge in [-0.1, -0.05) is 0 Å². The fraction of sp³-hybridized carbons (Fsp3) is 0.533. The number of rotatable bonds is 7. The van der Waals surface area contributed by atoms with E-state index in [4.69, 9.17) is 4.74 Å². The number of ether oxygens (including phenoxy) is 2. The smallest absolute Gasteiger partial charge is 0.338 e. The molecule has 5 nitrogen and oxygen atoms in total. The average molecular weight is 298 g/mol. The molecule has 2 atom stereocenters. The van der Waals surface area contributed by atoms with E-state index in [1.165, 1.54) is 12.1 Å². The monoisotopic (exact) mass is 298 g/mol. The van der Waals surface area contributed by atoms with Gasteiger partial charge in [-0.2, -0.15) is 0 Å². The van der Waals surface area contributed by atoms with Crippen LogP contribution in [0.15, 0.2) is 18.2 Å². The van der Waals surface area contributed by atoms with Gasteiger partial charge in [-0.05, 0) is 43.9 Å². The largest absolute Gasteiger partial charge is 0.493 e. The van der Waals surface area contributed by atoms with Crippen molar-refractivity contribution >= 4 is 5.97 Å². The zero-order valence-corrected chi connectivity index (χ0v) is 11.8. The summed E-state index contributed by atoms with van der Waals surface area (Å²) >= 11 is 0. The molecule has 2 unspecified atom stereocenters. The lowest BCUT2D eigenvalue weighted by atomic mass is 10.0. The van der Waals surface area contributed by atoms with Crippen LogP contribution in [0.2, 0.25) is 0 Å². The van der Waals surface area contributed by atoms with E-state index in [2.05, 4.69) is 4.74 Å². The summed E-state index contributed by atoms with van der Waals surface area (Å²) in [7, 11) is 0. The number of hydrogen-bond donors (Lipinski definition) is 2. The van der Waals surface area contributed by atoms with Crippen LogP contribution in [0, 0.1) is 11.7 Å². The molecule has 1 fully saturated rings. The highest BCUT2D eigenvalue weighted by molar-refractivity contribution is 5.75. The summed E-state index contributed by atoms with van der Waals surface area (Å²) in [6, 6.07) is 3.64. The SMILES string of the molecule is CCOC(=O)C(O)C(O)c1cc(F)ccc1OCC1CC1. The second-order valence-electron chi connectivity index (χ2n) is 5.08. The van der Waals surface area contributed by atoms with E-state index in [1.807, 2.05) is 0 Å². The maximum absolute atomic E-state index is 13.4. The zero-order chi connectivity index (χ0) is 15.4. The quantitative estimate of drug-likeness (QED) is 0.747. The number of benzene rings is 1. The summed E-state index contributed by atoms with van der Waals surface area (Å²) < 4.78 is 23.5. The summed E-state index contributed by atoms with van der Waals surface area (Å²) in [4.78, 5) is 11.5. The molecule has 0 radical (unpaired) electrons. The molecule has 0 heterocycles. The summed E-state index contributed by atoms with van der Waals surface area (Å²) in [5.74, 6) is -0.796. The lowest BCUT2D eigenvalue weighted by Gasteiger charge is -2.20. The molecule has 116 valence electrons. The lowest BCUT2D eigenvalue weighted by molar-refractivity contribution is -0.159. The maximum Gasteiger partial charge on any atom is 0.338 e. The minimum atomic E-state index is -1.78. The van der Waals surface area contributed by atoms with E-state index in [9.17, 15) is 19.4 Å². The van der Waals surface area contributed by atoms with Crippen molar-refractivity contribution in [1.82, 2.24) is 0 Å². The number of aliphatic hydroxyl groups excluding tert-OH is 2. The number of halogens is 1. The van der Waals surface area contributed by atoms with Crippen LogP contribution in [0.3, 0.4) is 0 Å². The van der Waals surface area contributed by atoms with Crippen molar-refractivity contribution in [3.05, 3.63) is 29.6 Å². The summed E-state index contributed by atoms with van der Waals surface area (Å²) in [5, 5.41) is 19.8. The van der Waals surface area contributed by atoms with Crippen LogP contribution in [0.1, 0.15) is 31.4 Å². The Labute approximate surface area is 122 Å². The van der Waals surface area contributed by atoms with Crippen LogP contribution < -0.4 is 4.74 Å². The summed E-state index contributed by atoms with van der Waals surface area (Å²) in [5.41, 5.74) is 0.0382. The van der Waals surface area contributed by atoms with Crippen LogP contribution in [0.5, 0.6) is 5.75 Å². The summed E-state index contributed by atoms with van der Waals surface area (Å²) in [6.07, 6.45) is -1.21. The lowest BCUT2D eigenvalue weighted by Crippen LogP contribution is -2.30. The Bertz CT molecular complexity index is 501. The van der Waals surface area contributed by atoms with Gasteiger partial charge in [0.05, 0.1) is 13.2 Å². The highest BCUT2D eigenvalue weighted by Gasteiger charge is 2.30. The molecule has 1 aliphatic carbocycles. The molecule has 0 spiro atoms. The minimum absolute atomic E-state index is 0.0382. The van der Waals surface area contributed by atoms with E-state index in [1.54, 1.807) is 6.92 Å². The van der Waals surface area contributed by atoms with Gasteiger partial charge in [-0.3, -0.25) is 0 Å². The molecule has 1 aliphatic rings. The zero-order valence-electron chi connectivity index (χ0n) is 11.8. The molecular formula is C15H19FO5. The van der Waals surface area contributed by atoms with Crippen LogP contribution in [0.25, 0.3) is 0 Å². The van der Waals surface area contributed by atoms with Gasteiger partial charge in [-0.15, -0.1) is 0 Å². The third-order valence-electron chi connectivity index (χ3n) is 3.29. The number of carbonyl (C=O) groups excluding carboxylic acids is 1. The molecule has 1 aromatic rings. The minimum Gasteiger partial charge on any atom is -0.493 e. The maximum atomic E-state index is 13.4. The fourth-order valence-corrected chi connectivity index (χ4v) is 1.90. The molecule has 0 saturated heterocycles.